The summed E-state index contributed by atoms with van der Waals surface area (Å²) < 4.78 is 10.1. The maximum absolute atomic E-state index is 11.5. The van der Waals surface area contributed by atoms with Crippen LogP contribution in [0, 0.1) is 0 Å². The molecule has 0 aromatic heterocycles. The van der Waals surface area contributed by atoms with Gasteiger partial charge in [0.1, 0.15) is 5.75 Å². The minimum atomic E-state index is -0.496. The van der Waals surface area contributed by atoms with Gasteiger partial charge >= 0.3 is 12.1 Å². The number of carbonyl (C=O) groups excluding carboxylic acids is 2. The van der Waals surface area contributed by atoms with Gasteiger partial charge in [-0.05, 0) is 31.0 Å². The summed E-state index contributed by atoms with van der Waals surface area (Å²) in [6.07, 6.45) is 1.65. The van der Waals surface area contributed by atoms with Crippen LogP contribution in [0.2, 0.25) is 0 Å². The van der Waals surface area contributed by atoms with Crippen molar-refractivity contribution in [2.75, 3.05) is 26.4 Å². The van der Waals surface area contributed by atoms with Crippen molar-refractivity contribution >= 4 is 12.1 Å². The molecule has 0 fully saturated rings. The molecule has 1 aromatic carbocycles. The number of benzene rings is 1. The maximum atomic E-state index is 11.5. The van der Waals surface area contributed by atoms with Crippen molar-refractivity contribution < 1.29 is 19.1 Å². The number of carbonyl (C=O) groups is 2. The molecule has 0 heterocycles. The molecule has 0 aliphatic rings. The number of hydrogen-bond acceptors (Lipinski definition) is 4. The molecular weight excluding hydrogens is 298 g/mol. The summed E-state index contributed by atoms with van der Waals surface area (Å²) in [4.78, 5) is 22.5. The molecule has 0 aliphatic heterocycles. The first-order valence-corrected chi connectivity index (χ1v) is 7.79. The second-order valence-corrected chi connectivity index (χ2v) is 4.76. The number of ether oxygens (including phenoxy) is 2. The molecule has 7 heteroatoms. The lowest BCUT2D eigenvalue weighted by molar-refractivity contribution is 0.152. The van der Waals surface area contributed by atoms with Crippen LogP contribution in [0.4, 0.5) is 9.59 Å². The minimum Gasteiger partial charge on any atom is -0.473 e. The summed E-state index contributed by atoms with van der Waals surface area (Å²) in [7, 11) is 0. The Labute approximate surface area is 136 Å². The number of rotatable bonds is 9. The third kappa shape index (κ3) is 8.55. The zero-order chi connectivity index (χ0) is 16.9. The van der Waals surface area contributed by atoms with E-state index in [1.54, 1.807) is 6.92 Å². The summed E-state index contributed by atoms with van der Waals surface area (Å²) in [5.74, 6) is 0.703. The first-order valence-electron chi connectivity index (χ1n) is 7.79. The Kier molecular flexibility index (Phi) is 9.04. The Hall–Kier alpha value is -2.44. The summed E-state index contributed by atoms with van der Waals surface area (Å²) in [5.41, 5.74) is 1.26. The lowest BCUT2D eigenvalue weighted by Crippen LogP contribution is -2.41. The van der Waals surface area contributed by atoms with E-state index in [4.69, 9.17) is 4.74 Å². The molecule has 0 bridgehead atoms. The summed E-state index contributed by atoms with van der Waals surface area (Å²) in [5, 5.41) is 7.66. The van der Waals surface area contributed by atoms with Crippen molar-refractivity contribution in [3.8, 4) is 5.75 Å². The zero-order valence-corrected chi connectivity index (χ0v) is 13.7. The van der Waals surface area contributed by atoms with Gasteiger partial charge in [-0.3, -0.25) is 0 Å². The van der Waals surface area contributed by atoms with Crippen molar-refractivity contribution in [1.29, 1.82) is 0 Å². The van der Waals surface area contributed by atoms with Crippen LogP contribution in [-0.2, 0) is 11.2 Å². The SMILES string of the molecule is CCCc1ccc(OCNC(=O)NCCNC(=O)OCC)cc1. The van der Waals surface area contributed by atoms with Gasteiger partial charge in [-0.25, -0.2) is 9.59 Å². The molecule has 0 unspecified atom stereocenters. The second kappa shape index (κ2) is 11.2. The van der Waals surface area contributed by atoms with Crippen LogP contribution < -0.4 is 20.7 Å². The Balaban J connectivity index is 2.10. The van der Waals surface area contributed by atoms with Gasteiger partial charge in [0.05, 0.1) is 6.61 Å². The minimum absolute atomic E-state index is 0.0737. The van der Waals surface area contributed by atoms with E-state index in [9.17, 15) is 9.59 Å². The van der Waals surface area contributed by atoms with Gasteiger partial charge in [0.2, 0.25) is 0 Å². The number of aryl methyl sites for hydroxylation is 1. The molecule has 128 valence electrons. The first-order chi connectivity index (χ1) is 11.2. The average molecular weight is 323 g/mol. The Bertz CT molecular complexity index is 477. The van der Waals surface area contributed by atoms with Crippen LogP contribution in [0.15, 0.2) is 24.3 Å². The van der Waals surface area contributed by atoms with E-state index in [-0.39, 0.29) is 12.8 Å². The summed E-state index contributed by atoms with van der Waals surface area (Å²) in [6, 6.07) is 7.43. The predicted molar refractivity (Wildman–Crippen MR) is 87.5 cm³/mol. The molecule has 3 N–H and O–H groups in total. The van der Waals surface area contributed by atoms with Gasteiger partial charge in [0, 0.05) is 13.1 Å². The monoisotopic (exact) mass is 323 g/mol. The molecule has 0 atom stereocenters. The van der Waals surface area contributed by atoms with Gasteiger partial charge in [0.25, 0.3) is 0 Å². The van der Waals surface area contributed by atoms with E-state index in [1.807, 2.05) is 24.3 Å². The van der Waals surface area contributed by atoms with E-state index in [0.717, 1.165) is 12.8 Å². The smallest absolute Gasteiger partial charge is 0.407 e. The highest BCUT2D eigenvalue weighted by molar-refractivity contribution is 5.73. The fourth-order valence-electron chi connectivity index (χ4n) is 1.81. The summed E-state index contributed by atoms with van der Waals surface area (Å²) >= 11 is 0. The normalized spacial score (nSPS) is 9.83. The lowest BCUT2D eigenvalue weighted by Gasteiger charge is -2.10. The van der Waals surface area contributed by atoms with Crippen molar-refractivity contribution in [1.82, 2.24) is 16.0 Å². The number of urea groups is 1. The van der Waals surface area contributed by atoms with Crippen molar-refractivity contribution in [3.05, 3.63) is 29.8 Å². The molecule has 1 aromatic rings. The fourth-order valence-corrected chi connectivity index (χ4v) is 1.81. The molecule has 0 radical (unpaired) electrons. The molecule has 1 rings (SSSR count). The van der Waals surface area contributed by atoms with E-state index < -0.39 is 6.09 Å². The van der Waals surface area contributed by atoms with Gasteiger partial charge in [-0.2, -0.15) is 0 Å². The number of amides is 3. The Morgan fingerprint density at radius 3 is 2.35 bits per heavy atom. The third-order valence-corrected chi connectivity index (χ3v) is 2.89. The fraction of sp³-hybridized carbons (Fsp3) is 0.500. The van der Waals surface area contributed by atoms with Crippen LogP contribution in [0.5, 0.6) is 5.75 Å². The topological polar surface area (TPSA) is 88.7 Å². The highest BCUT2D eigenvalue weighted by Gasteiger charge is 2.02. The molecule has 3 amide bonds. The second-order valence-electron chi connectivity index (χ2n) is 4.76. The molecule has 0 saturated carbocycles. The van der Waals surface area contributed by atoms with Gasteiger partial charge in [-0.15, -0.1) is 0 Å². The molecule has 0 saturated heterocycles. The molecule has 23 heavy (non-hydrogen) atoms. The molecule has 0 aliphatic carbocycles. The molecule has 7 nitrogen and oxygen atoms in total. The van der Waals surface area contributed by atoms with Gasteiger partial charge in [-0.1, -0.05) is 25.5 Å². The Morgan fingerprint density at radius 1 is 1.00 bits per heavy atom. The quantitative estimate of drug-likeness (QED) is 0.479. The highest BCUT2D eigenvalue weighted by Crippen LogP contribution is 2.12. The van der Waals surface area contributed by atoms with E-state index in [0.29, 0.717) is 25.4 Å². The summed E-state index contributed by atoms with van der Waals surface area (Å²) in [6.45, 7) is 4.85. The van der Waals surface area contributed by atoms with Crippen molar-refractivity contribution in [3.63, 3.8) is 0 Å². The van der Waals surface area contributed by atoms with Gasteiger partial charge in [0.15, 0.2) is 6.73 Å². The Morgan fingerprint density at radius 2 is 1.70 bits per heavy atom. The number of nitrogens with one attached hydrogen (secondary N) is 3. The predicted octanol–water partition coefficient (Wildman–Crippen LogP) is 2.02. The number of hydrogen-bond donors (Lipinski definition) is 3. The maximum Gasteiger partial charge on any atom is 0.407 e. The van der Waals surface area contributed by atoms with Gasteiger partial charge < -0.3 is 25.4 Å². The van der Waals surface area contributed by atoms with Crippen LogP contribution in [0.3, 0.4) is 0 Å². The highest BCUT2D eigenvalue weighted by atomic mass is 16.5. The lowest BCUT2D eigenvalue weighted by atomic mass is 10.1. The van der Waals surface area contributed by atoms with Crippen LogP contribution in [0.1, 0.15) is 25.8 Å². The molecular formula is C16H25N3O4. The van der Waals surface area contributed by atoms with Crippen LogP contribution >= 0.6 is 0 Å². The van der Waals surface area contributed by atoms with Crippen molar-refractivity contribution in [2.45, 2.75) is 26.7 Å². The first kappa shape index (κ1) is 18.6. The van der Waals surface area contributed by atoms with E-state index >= 15 is 0 Å². The van der Waals surface area contributed by atoms with Crippen molar-refractivity contribution in [2.24, 2.45) is 0 Å². The van der Waals surface area contributed by atoms with Crippen LogP contribution in [-0.4, -0.2) is 38.6 Å². The molecule has 0 spiro atoms. The van der Waals surface area contributed by atoms with E-state index in [1.165, 1.54) is 5.56 Å². The van der Waals surface area contributed by atoms with E-state index in [2.05, 4.69) is 27.6 Å². The third-order valence-electron chi connectivity index (χ3n) is 2.89. The average Bonchev–Trinajstić information content (AvgIpc) is 2.54. The number of alkyl carbamates (subject to hydrolysis) is 1. The standard InChI is InChI=1S/C16H25N3O4/c1-3-5-13-6-8-14(9-7-13)23-12-19-15(20)17-10-11-18-16(21)22-4-2/h6-9H,3-5,10-12H2,1-2H3,(H,18,21)(H2,17,19,20). The largest absolute Gasteiger partial charge is 0.473 e. The zero-order valence-electron chi connectivity index (χ0n) is 13.7. The van der Waals surface area contributed by atoms with Crippen LogP contribution in [0.25, 0.3) is 0 Å².